The third kappa shape index (κ3) is 3.70. The highest BCUT2D eigenvalue weighted by Crippen LogP contribution is 2.29. The summed E-state index contributed by atoms with van der Waals surface area (Å²) in [4.78, 5) is 22.3. The Labute approximate surface area is 163 Å². The Kier molecular flexibility index (Phi) is 6.12. The fraction of sp³-hybridized carbons (Fsp3) is 0.400. The Hall–Kier alpha value is -1.69. The number of thiophene rings is 1. The topological polar surface area (TPSA) is 38.1 Å². The molecule has 4 nitrogen and oxygen atoms in total. The predicted octanol–water partition coefficient (Wildman–Crippen LogP) is 4.68. The molecule has 0 fully saturated rings. The van der Waals surface area contributed by atoms with Crippen LogP contribution in [0.3, 0.4) is 0 Å². The van der Waals surface area contributed by atoms with Crippen LogP contribution in [0.1, 0.15) is 25.6 Å². The summed E-state index contributed by atoms with van der Waals surface area (Å²) >= 11 is 8.01. The molecule has 0 aliphatic carbocycles. The molecule has 26 heavy (non-hydrogen) atoms. The molecule has 6 heteroatoms. The van der Waals surface area contributed by atoms with Gasteiger partial charge in [0.2, 0.25) is 0 Å². The minimum absolute atomic E-state index is 0.0213. The molecule has 3 rings (SSSR count). The van der Waals surface area contributed by atoms with Crippen LogP contribution in [0, 0.1) is 0 Å². The number of halogens is 1. The van der Waals surface area contributed by atoms with E-state index >= 15 is 0 Å². The Morgan fingerprint density at radius 1 is 1.19 bits per heavy atom. The Balaban J connectivity index is 2.18. The number of aromatic nitrogens is 2. The van der Waals surface area contributed by atoms with Crippen molar-refractivity contribution in [1.82, 2.24) is 14.5 Å². The zero-order chi connectivity index (χ0) is 18.7. The van der Waals surface area contributed by atoms with Crippen molar-refractivity contribution in [1.29, 1.82) is 0 Å². The maximum absolute atomic E-state index is 13.2. The number of rotatable bonds is 7. The van der Waals surface area contributed by atoms with Crippen molar-refractivity contribution >= 4 is 33.2 Å². The summed E-state index contributed by atoms with van der Waals surface area (Å²) in [6, 6.07) is 9.58. The fourth-order valence-electron chi connectivity index (χ4n) is 3.08. The lowest BCUT2D eigenvalue weighted by molar-refractivity contribution is 0.289. The van der Waals surface area contributed by atoms with Gasteiger partial charge >= 0.3 is 0 Å². The monoisotopic (exact) mass is 389 g/mol. The summed E-state index contributed by atoms with van der Waals surface area (Å²) in [5.74, 6) is 0.657. The van der Waals surface area contributed by atoms with Crippen molar-refractivity contribution in [3.05, 3.63) is 50.6 Å². The van der Waals surface area contributed by atoms with Gasteiger partial charge in [-0.05, 0) is 37.7 Å². The second kappa shape index (κ2) is 8.33. The standard InChI is InChI=1S/C20H24ClN3OS/c1-4-14-13-16-19(26-14)22-18(15-9-7-8-10-17(15)21)24(20(16)25)12-11-23(5-2)6-3/h7-10,13H,4-6,11-12H2,1-3H3. The number of likely N-dealkylation sites (N-methyl/N-ethyl adjacent to an activating group) is 1. The SMILES string of the molecule is CCc1cc2c(=O)n(CCN(CC)CC)c(-c3ccccc3Cl)nc2s1. The van der Waals surface area contributed by atoms with E-state index in [0.717, 1.165) is 36.4 Å². The van der Waals surface area contributed by atoms with E-state index in [2.05, 4.69) is 25.7 Å². The van der Waals surface area contributed by atoms with Gasteiger partial charge in [-0.15, -0.1) is 11.3 Å². The van der Waals surface area contributed by atoms with E-state index in [1.807, 2.05) is 30.3 Å². The third-order valence-electron chi connectivity index (χ3n) is 4.70. The fourth-order valence-corrected chi connectivity index (χ4v) is 4.25. The smallest absolute Gasteiger partial charge is 0.262 e. The Morgan fingerprint density at radius 2 is 1.92 bits per heavy atom. The molecule has 0 spiro atoms. The lowest BCUT2D eigenvalue weighted by Gasteiger charge is -2.20. The van der Waals surface area contributed by atoms with Gasteiger partial charge in [-0.2, -0.15) is 0 Å². The van der Waals surface area contributed by atoms with Gasteiger partial charge in [0.1, 0.15) is 10.7 Å². The lowest BCUT2D eigenvalue weighted by Crippen LogP contribution is -2.32. The average molecular weight is 390 g/mol. The molecule has 0 N–H and O–H groups in total. The highest BCUT2D eigenvalue weighted by atomic mass is 35.5. The number of aryl methyl sites for hydroxylation is 1. The van der Waals surface area contributed by atoms with Crippen molar-refractivity contribution < 1.29 is 0 Å². The zero-order valence-corrected chi connectivity index (χ0v) is 17.0. The molecule has 2 aromatic heterocycles. The van der Waals surface area contributed by atoms with E-state index in [4.69, 9.17) is 16.6 Å². The molecule has 0 saturated heterocycles. The molecule has 0 saturated carbocycles. The summed E-state index contributed by atoms with van der Waals surface area (Å²) in [5, 5.41) is 1.32. The van der Waals surface area contributed by atoms with Crippen LogP contribution in [0.25, 0.3) is 21.6 Å². The van der Waals surface area contributed by atoms with Gasteiger partial charge in [-0.1, -0.05) is 44.5 Å². The first-order valence-corrected chi connectivity index (χ1v) is 10.3. The van der Waals surface area contributed by atoms with Crippen molar-refractivity contribution in [3.8, 4) is 11.4 Å². The molecular weight excluding hydrogens is 366 g/mol. The molecule has 3 aromatic rings. The molecule has 0 amide bonds. The number of hydrogen-bond acceptors (Lipinski definition) is 4. The predicted molar refractivity (Wildman–Crippen MR) is 111 cm³/mol. The molecule has 0 aliphatic rings. The van der Waals surface area contributed by atoms with E-state index in [1.165, 1.54) is 4.88 Å². The van der Waals surface area contributed by atoms with Crippen LogP contribution in [-0.4, -0.2) is 34.1 Å². The third-order valence-corrected chi connectivity index (χ3v) is 6.20. The number of hydrogen-bond donors (Lipinski definition) is 0. The van der Waals surface area contributed by atoms with Gasteiger partial charge in [0.25, 0.3) is 5.56 Å². The first-order chi connectivity index (χ1) is 12.6. The molecular formula is C20H24ClN3OS. The second-order valence-electron chi connectivity index (χ2n) is 6.18. The minimum Gasteiger partial charge on any atom is -0.302 e. The van der Waals surface area contributed by atoms with Gasteiger partial charge in [-0.3, -0.25) is 9.36 Å². The van der Waals surface area contributed by atoms with E-state index < -0.39 is 0 Å². The molecule has 0 aliphatic heterocycles. The summed E-state index contributed by atoms with van der Waals surface area (Å²) in [6.45, 7) is 9.69. The maximum atomic E-state index is 13.2. The Morgan fingerprint density at radius 3 is 2.58 bits per heavy atom. The van der Waals surface area contributed by atoms with Crippen LogP contribution >= 0.6 is 22.9 Å². The van der Waals surface area contributed by atoms with E-state index in [-0.39, 0.29) is 5.56 Å². The quantitative estimate of drug-likeness (QED) is 0.588. The van der Waals surface area contributed by atoms with Crippen LogP contribution < -0.4 is 5.56 Å². The summed E-state index contributed by atoms with van der Waals surface area (Å²) in [5.41, 5.74) is 0.826. The zero-order valence-electron chi connectivity index (χ0n) is 15.5. The van der Waals surface area contributed by atoms with Crippen LogP contribution in [-0.2, 0) is 13.0 Å². The largest absolute Gasteiger partial charge is 0.302 e. The van der Waals surface area contributed by atoms with E-state index in [0.29, 0.717) is 22.8 Å². The lowest BCUT2D eigenvalue weighted by atomic mass is 10.2. The molecule has 0 radical (unpaired) electrons. The molecule has 1 aromatic carbocycles. The van der Waals surface area contributed by atoms with E-state index in [9.17, 15) is 4.79 Å². The van der Waals surface area contributed by atoms with Crippen LogP contribution in [0.4, 0.5) is 0 Å². The number of nitrogens with zero attached hydrogens (tertiary/aromatic N) is 3. The second-order valence-corrected chi connectivity index (χ2v) is 7.71. The molecule has 0 unspecified atom stereocenters. The first kappa shape index (κ1) is 19.1. The number of benzene rings is 1. The van der Waals surface area contributed by atoms with Crippen molar-refractivity contribution in [3.63, 3.8) is 0 Å². The average Bonchev–Trinajstić information content (AvgIpc) is 3.08. The first-order valence-electron chi connectivity index (χ1n) is 9.09. The van der Waals surface area contributed by atoms with Crippen LogP contribution in [0.15, 0.2) is 35.1 Å². The van der Waals surface area contributed by atoms with Crippen LogP contribution in [0.5, 0.6) is 0 Å². The van der Waals surface area contributed by atoms with Crippen molar-refractivity contribution in [2.24, 2.45) is 0 Å². The highest BCUT2D eigenvalue weighted by molar-refractivity contribution is 7.18. The summed E-state index contributed by atoms with van der Waals surface area (Å²) in [6.07, 6.45) is 0.904. The maximum Gasteiger partial charge on any atom is 0.262 e. The molecule has 2 heterocycles. The summed E-state index contributed by atoms with van der Waals surface area (Å²) < 4.78 is 1.79. The normalized spacial score (nSPS) is 11.6. The summed E-state index contributed by atoms with van der Waals surface area (Å²) in [7, 11) is 0. The molecule has 138 valence electrons. The van der Waals surface area contributed by atoms with Gasteiger partial charge in [0.05, 0.1) is 10.4 Å². The van der Waals surface area contributed by atoms with Crippen molar-refractivity contribution in [2.45, 2.75) is 33.7 Å². The minimum atomic E-state index is 0.0213. The van der Waals surface area contributed by atoms with Gasteiger partial charge < -0.3 is 4.90 Å². The molecule has 0 bridgehead atoms. The van der Waals surface area contributed by atoms with E-state index in [1.54, 1.807) is 15.9 Å². The highest BCUT2D eigenvalue weighted by Gasteiger charge is 2.17. The van der Waals surface area contributed by atoms with Gasteiger partial charge in [0, 0.05) is 23.5 Å². The molecule has 0 atom stereocenters. The number of fused-ring (bicyclic) bond motifs is 1. The van der Waals surface area contributed by atoms with Gasteiger partial charge in [-0.25, -0.2) is 4.98 Å². The van der Waals surface area contributed by atoms with Crippen molar-refractivity contribution in [2.75, 3.05) is 19.6 Å². The Bertz CT molecular complexity index is 959. The van der Waals surface area contributed by atoms with Gasteiger partial charge in [0.15, 0.2) is 0 Å². The van der Waals surface area contributed by atoms with Crippen LogP contribution in [0.2, 0.25) is 5.02 Å².